The monoisotopic (exact) mass is 475 g/mol. The highest BCUT2D eigenvalue weighted by molar-refractivity contribution is 5.92. The highest BCUT2D eigenvalue weighted by Crippen LogP contribution is 2.21. The van der Waals surface area contributed by atoms with Crippen molar-refractivity contribution < 1.29 is 23.1 Å². The van der Waals surface area contributed by atoms with Gasteiger partial charge in [0.25, 0.3) is 11.5 Å². The van der Waals surface area contributed by atoms with Gasteiger partial charge in [-0.3, -0.25) is 19.0 Å². The molecule has 1 saturated heterocycles. The fourth-order valence-electron chi connectivity index (χ4n) is 4.30. The second-order valence-corrected chi connectivity index (χ2v) is 8.34. The molecule has 2 aromatic carbocycles. The molecule has 1 aliphatic heterocycles. The van der Waals surface area contributed by atoms with Gasteiger partial charge in [-0.1, -0.05) is 12.1 Å². The fourth-order valence-corrected chi connectivity index (χ4v) is 4.30. The van der Waals surface area contributed by atoms with E-state index in [1.54, 1.807) is 41.3 Å². The third-order valence-electron chi connectivity index (χ3n) is 6.05. The minimum Gasteiger partial charge on any atom is -0.459 e. The number of nitrogens with zero attached hydrogens (tertiary/aromatic N) is 3. The molecule has 0 aliphatic carbocycles. The number of esters is 1. The Morgan fingerprint density at radius 1 is 1.09 bits per heavy atom. The van der Waals surface area contributed by atoms with Crippen molar-refractivity contribution in [3.8, 4) is 5.69 Å². The van der Waals surface area contributed by atoms with Crippen molar-refractivity contribution in [2.24, 2.45) is 5.92 Å². The number of ether oxygens (including phenoxy) is 1. The van der Waals surface area contributed by atoms with E-state index in [-0.39, 0.29) is 36.2 Å². The average molecular weight is 475 g/mol. The maximum atomic E-state index is 13.5. The predicted molar refractivity (Wildman–Crippen MR) is 124 cm³/mol. The number of carbonyl (C=O) groups is 2. The lowest BCUT2D eigenvalue weighted by Crippen LogP contribution is -2.42. The fraction of sp³-hybridized carbons (Fsp3) is 0.231. The molecule has 35 heavy (non-hydrogen) atoms. The Morgan fingerprint density at radius 2 is 1.89 bits per heavy atom. The first kappa shape index (κ1) is 22.5. The molecule has 0 bridgehead atoms. The Morgan fingerprint density at radius 3 is 2.66 bits per heavy atom. The molecular formula is C26H22FN3O5. The van der Waals surface area contributed by atoms with Gasteiger partial charge < -0.3 is 14.1 Å². The molecule has 4 aromatic rings. The van der Waals surface area contributed by atoms with Gasteiger partial charge in [-0.2, -0.15) is 0 Å². The smallest absolute Gasteiger partial charge is 0.311 e. The lowest BCUT2D eigenvalue weighted by atomic mass is 9.98. The van der Waals surface area contributed by atoms with Crippen LogP contribution in [0, 0.1) is 11.7 Å². The first-order valence-electron chi connectivity index (χ1n) is 11.3. The number of piperidine rings is 1. The summed E-state index contributed by atoms with van der Waals surface area (Å²) in [5, 5.41) is 0.395. The highest BCUT2D eigenvalue weighted by atomic mass is 19.1. The Bertz CT molecular complexity index is 1430. The van der Waals surface area contributed by atoms with Crippen molar-refractivity contribution in [1.82, 2.24) is 14.5 Å². The molecule has 0 N–H and O–H groups in total. The van der Waals surface area contributed by atoms with E-state index in [9.17, 15) is 18.8 Å². The summed E-state index contributed by atoms with van der Waals surface area (Å²) in [7, 11) is 0. The largest absolute Gasteiger partial charge is 0.459 e. The van der Waals surface area contributed by atoms with Crippen LogP contribution in [-0.4, -0.2) is 39.4 Å². The van der Waals surface area contributed by atoms with Gasteiger partial charge in [0.1, 0.15) is 12.4 Å². The summed E-state index contributed by atoms with van der Waals surface area (Å²) in [6.45, 7) is 0.493. The highest BCUT2D eigenvalue weighted by Gasteiger charge is 2.31. The van der Waals surface area contributed by atoms with E-state index >= 15 is 0 Å². The molecule has 1 atom stereocenters. The van der Waals surface area contributed by atoms with Crippen LogP contribution in [0.25, 0.3) is 16.6 Å². The Hall–Kier alpha value is -4.27. The number of rotatable bonds is 5. The van der Waals surface area contributed by atoms with E-state index in [1.165, 1.54) is 35.1 Å². The third kappa shape index (κ3) is 4.57. The summed E-state index contributed by atoms with van der Waals surface area (Å²) in [4.78, 5) is 44.9. The van der Waals surface area contributed by atoms with Crippen LogP contribution in [0.15, 0.2) is 76.1 Å². The maximum absolute atomic E-state index is 13.5. The molecule has 1 fully saturated rings. The van der Waals surface area contributed by atoms with Crippen molar-refractivity contribution in [3.05, 3.63) is 94.7 Å². The number of para-hydroxylation sites is 1. The van der Waals surface area contributed by atoms with Gasteiger partial charge in [0, 0.05) is 13.1 Å². The first-order valence-corrected chi connectivity index (χ1v) is 11.3. The van der Waals surface area contributed by atoms with Crippen LogP contribution in [0.2, 0.25) is 0 Å². The van der Waals surface area contributed by atoms with Crippen LogP contribution < -0.4 is 5.56 Å². The van der Waals surface area contributed by atoms with Gasteiger partial charge >= 0.3 is 5.97 Å². The van der Waals surface area contributed by atoms with Crippen LogP contribution in [-0.2, 0) is 16.1 Å². The second kappa shape index (κ2) is 9.54. The zero-order chi connectivity index (χ0) is 24.4. The van der Waals surface area contributed by atoms with E-state index in [2.05, 4.69) is 4.98 Å². The van der Waals surface area contributed by atoms with Crippen molar-refractivity contribution in [3.63, 3.8) is 0 Å². The summed E-state index contributed by atoms with van der Waals surface area (Å²) < 4.78 is 25.6. The zero-order valence-electron chi connectivity index (χ0n) is 18.7. The van der Waals surface area contributed by atoms with E-state index in [1.807, 2.05) is 0 Å². The molecule has 3 heterocycles. The Balaban J connectivity index is 1.38. The number of fused-ring (bicyclic) bond motifs is 1. The number of hydrogen-bond acceptors (Lipinski definition) is 6. The van der Waals surface area contributed by atoms with Gasteiger partial charge in [0.05, 0.1) is 28.8 Å². The van der Waals surface area contributed by atoms with Crippen molar-refractivity contribution in [2.45, 2.75) is 19.4 Å². The normalized spacial score (nSPS) is 15.8. The molecule has 178 valence electrons. The molecule has 1 aliphatic rings. The van der Waals surface area contributed by atoms with Gasteiger partial charge in [0.2, 0.25) is 0 Å². The quantitative estimate of drug-likeness (QED) is 0.409. The SMILES string of the molecule is O=C(OCc1nc2ccccc2c(=O)n1-c1ccc(F)cc1)C1CCCN(C(=O)c2ccco2)C1. The van der Waals surface area contributed by atoms with Crippen LogP contribution in [0.5, 0.6) is 0 Å². The van der Waals surface area contributed by atoms with Crippen LogP contribution in [0.3, 0.4) is 0 Å². The molecule has 0 radical (unpaired) electrons. The Labute approximate surface area is 199 Å². The van der Waals surface area contributed by atoms with Gasteiger partial charge in [-0.05, 0) is 61.4 Å². The number of benzene rings is 2. The summed E-state index contributed by atoms with van der Waals surface area (Å²) >= 11 is 0. The topological polar surface area (TPSA) is 94.6 Å². The van der Waals surface area contributed by atoms with Gasteiger partial charge in [-0.15, -0.1) is 0 Å². The van der Waals surface area contributed by atoms with E-state index in [0.29, 0.717) is 36.0 Å². The van der Waals surface area contributed by atoms with Crippen LogP contribution >= 0.6 is 0 Å². The number of halogens is 1. The van der Waals surface area contributed by atoms with E-state index in [4.69, 9.17) is 9.15 Å². The Kier molecular flexibility index (Phi) is 6.13. The van der Waals surface area contributed by atoms with Crippen LogP contribution in [0.1, 0.15) is 29.2 Å². The van der Waals surface area contributed by atoms with E-state index < -0.39 is 17.7 Å². The number of aromatic nitrogens is 2. The molecule has 2 aromatic heterocycles. The summed E-state index contributed by atoms with van der Waals surface area (Å²) in [6.07, 6.45) is 2.66. The molecule has 0 spiro atoms. The predicted octanol–water partition coefficient (Wildman–Crippen LogP) is 3.71. The summed E-state index contributed by atoms with van der Waals surface area (Å²) in [5.41, 5.74) is 0.532. The molecule has 0 saturated carbocycles. The number of hydrogen-bond donors (Lipinski definition) is 0. The standard InChI is InChI=1S/C26H22FN3O5/c27-18-9-11-19(12-10-18)30-23(28-21-7-2-1-6-20(21)24(30)31)16-35-26(33)17-5-3-13-29(15-17)25(32)22-8-4-14-34-22/h1-2,4,6-12,14,17H,3,5,13,15-16H2. The average Bonchev–Trinajstić information content (AvgIpc) is 3.43. The molecule has 9 heteroatoms. The molecule has 8 nitrogen and oxygen atoms in total. The van der Waals surface area contributed by atoms with Gasteiger partial charge in [0.15, 0.2) is 11.6 Å². The number of amides is 1. The number of furan rings is 1. The lowest BCUT2D eigenvalue weighted by Gasteiger charge is -2.31. The van der Waals surface area contributed by atoms with Crippen molar-refractivity contribution in [1.29, 1.82) is 0 Å². The summed E-state index contributed by atoms with van der Waals surface area (Å²) in [6, 6.07) is 15.5. The number of likely N-dealkylation sites (tertiary alicyclic amines) is 1. The molecule has 1 amide bonds. The lowest BCUT2D eigenvalue weighted by molar-refractivity contribution is -0.151. The molecular weight excluding hydrogens is 453 g/mol. The minimum atomic E-state index is -0.505. The molecule has 1 unspecified atom stereocenters. The first-order chi connectivity index (χ1) is 17.0. The minimum absolute atomic E-state index is 0.216. The maximum Gasteiger partial charge on any atom is 0.311 e. The van der Waals surface area contributed by atoms with Crippen LogP contribution in [0.4, 0.5) is 4.39 Å². The van der Waals surface area contributed by atoms with E-state index in [0.717, 1.165) is 0 Å². The summed E-state index contributed by atoms with van der Waals surface area (Å²) in [5.74, 6) is -1.25. The number of carbonyl (C=O) groups excluding carboxylic acids is 2. The van der Waals surface area contributed by atoms with Gasteiger partial charge in [-0.25, -0.2) is 9.37 Å². The van der Waals surface area contributed by atoms with Crippen molar-refractivity contribution in [2.75, 3.05) is 13.1 Å². The molecule has 5 rings (SSSR count). The third-order valence-corrected chi connectivity index (χ3v) is 6.05. The second-order valence-electron chi connectivity index (χ2n) is 8.34. The van der Waals surface area contributed by atoms with Crippen molar-refractivity contribution >= 4 is 22.8 Å². The zero-order valence-corrected chi connectivity index (χ0v) is 18.7.